The van der Waals surface area contributed by atoms with Crippen LogP contribution in [-0.2, 0) is 13.7 Å². The van der Waals surface area contributed by atoms with Gasteiger partial charge in [0.05, 0.1) is 22.5 Å². The van der Waals surface area contributed by atoms with Crippen LogP contribution in [0.5, 0.6) is 5.75 Å². The van der Waals surface area contributed by atoms with Gasteiger partial charge in [0, 0.05) is 21.8 Å². The highest BCUT2D eigenvalue weighted by Crippen LogP contribution is 2.43. The lowest BCUT2D eigenvalue weighted by Gasteiger charge is -2.10. The van der Waals surface area contributed by atoms with Gasteiger partial charge in [-0.05, 0) is 19.1 Å². The third kappa shape index (κ3) is 3.55. The molecule has 0 amide bonds. The third-order valence-electron chi connectivity index (χ3n) is 1.71. The quantitative estimate of drug-likeness (QED) is 0.686. The van der Waals surface area contributed by atoms with Crippen LogP contribution in [0.2, 0.25) is 0 Å². The van der Waals surface area contributed by atoms with Crippen LogP contribution in [0.4, 0.5) is 5.69 Å². The van der Waals surface area contributed by atoms with Crippen molar-refractivity contribution in [2.45, 2.75) is 11.8 Å². The molecule has 2 rings (SSSR count). The van der Waals surface area contributed by atoms with E-state index in [-0.39, 0.29) is 0 Å². The molecule has 17 heavy (non-hydrogen) atoms. The van der Waals surface area contributed by atoms with E-state index < -0.39 is 20.2 Å². The van der Waals surface area contributed by atoms with Gasteiger partial charge >= 0.3 is 0 Å². The standard InChI is InChI=1S/C8H8ClNO5S2/c1-2-14-6-3-4-8-7(5-6)10-17(16-8)15-9(11,12)13/h3-5H,2H2,1H3. The van der Waals surface area contributed by atoms with Crippen LogP contribution in [0, 0.1) is 10.2 Å². The monoisotopic (exact) mass is 297 g/mol. The van der Waals surface area contributed by atoms with E-state index in [0.717, 1.165) is 15.7 Å². The zero-order valence-corrected chi connectivity index (χ0v) is 11.0. The van der Waals surface area contributed by atoms with E-state index in [1.165, 1.54) is 0 Å². The van der Waals surface area contributed by atoms with E-state index in [1.54, 1.807) is 18.2 Å². The second-order valence-corrected chi connectivity index (χ2v) is 6.73. The molecule has 6 nitrogen and oxygen atoms in total. The Kier molecular flexibility index (Phi) is 3.93. The molecule has 0 bridgehead atoms. The average Bonchev–Trinajstić information content (AvgIpc) is 2.56. The fraction of sp³-hybridized carbons (Fsp3) is 0.250. The SMILES string of the molecule is CCOc1ccc2c(c1)N=S(O[Cl+3]([O-])([O-])[O-])S2. The van der Waals surface area contributed by atoms with Gasteiger partial charge in [0.2, 0.25) is 0 Å². The first-order valence-electron chi connectivity index (χ1n) is 4.50. The van der Waals surface area contributed by atoms with Crippen molar-refractivity contribution < 1.29 is 32.7 Å². The lowest BCUT2D eigenvalue weighted by Crippen LogP contribution is -2.60. The van der Waals surface area contributed by atoms with Gasteiger partial charge in [-0.2, -0.15) is 18.3 Å². The zero-order valence-electron chi connectivity index (χ0n) is 8.62. The molecule has 1 aromatic carbocycles. The van der Waals surface area contributed by atoms with Crippen LogP contribution >= 0.6 is 10.8 Å². The maximum Gasteiger partial charge on any atom is 0.268 e. The van der Waals surface area contributed by atoms with Crippen molar-refractivity contribution in [2.24, 2.45) is 4.36 Å². The van der Waals surface area contributed by atoms with Crippen molar-refractivity contribution >= 4 is 26.5 Å². The summed E-state index contributed by atoms with van der Waals surface area (Å²) in [5.74, 6) is 0.642. The van der Waals surface area contributed by atoms with Gasteiger partial charge in [0.15, 0.2) is 3.74 Å². The Labute approximate surface area is 106 Å². The molecule has 0 radical (unpaired) electrons. The fourth-order valence-electron chi connectivity index (χ4n) is 1.16. The highest BCUT2D eigenvalue weighted by Gasteiger charge is 2.29. The Morgan fingerprint density at radius 3 is 2.82 bits per heavy atom. The van der Waals surface area contributed by atoms with Gasteiger partial charge in [-0.25, -0.2) is 0 Å². The molecule has 0 saturated heterocycles. The van der Waals surface area contributed by atoms with Crippen molar-refractivity contribution in [3.8, 4) is 5.75 Å². The van der Waals surface area contributed by atoms with Gasteiger partial charge in [-0.1, -0.05) is 0 Å². The Hall–Kier alpha value is -0.350. The van der Waals surface area contributed by atoms with Gasteiger partial charge in [0.25, 0.3) is 10.0 Å². The number of halogens is 1. The molecule has 1 aliphatic heterocycles. The molecular formula is C8H8ClNO5S2. The van der Waals surface area contributed by atoms with Crippen molar-refractivity contribution in [1.82, 2.24) is 0 Å². The lowest BCUT2D eigenvalue weighted by molar-refractivity contribution is -1.91. The summed E-state index contributed by atoms with van der Waals surface area (Å²) in [6, 6.07) is 5.18. The minimum atomic E-state index is -4.46. The molecule has 0 aliphatic carbocycles. The largest absolute Gasteiger partial charge is 0.494 e. The number of rotatable bonds is 4. The van der Waals surface area contributed by atoms with E-state index in [1.807, 2.05) is 6.92 Å². The van der Waals surface area contributed by atoms with Crippen LogP contribution in [0.3, 0.4) is 0 Å². The molecule has 0 spiro atoms. The van der Waals surface area contributed by atoms with Crippen LogP contribution < -0.4 is 18.7 Å². The molecule has 0 aromatic heterocycles. The van der Waals surface area contributed by atoms with Crippen molar-refractivity contribution in [3.63, 3.8) is 0 Å². The summed E-state index contributed by atoms with van der Waals surface area (Å²) in [5.41, 5.74) is 0.572. The maximum absolute atomic E-state index is 10.4. The van der Waals surface area contributed by atoms with Crippen molar-refractivity contribution in [2.75, 3.05) is 6.61 Å². The summed E-state index contributed by atoms with van der Waals surface area (Å²) < 4.78 is 44.7. The molecule has 94 valence electrons. The summed E-state index contributed by atoms with van der Waals surface area (Å²) in [7, 11) is -4.70. The number of hydrogen-bond donors (Lipinski definition) is 0. The van der Waals surface area contributed by atoms with Gasteiger partial charge in [0.1, 0.15) is 5.75 Å². The molecule has 0 N–H and O–H groups in total. The van der Waals surface area contributed by atoms with Crippen molar-refractivity contribution in [1.29, 1.82) is 0 Å². The lowest BCUT2D eigenvalue weighted by atomic mass is 10.3. The second kappa shape index (κ2) is 5.11. The second-order valence-electron chi connectivity index (χ2n) is 2.90. The summed E-state index contributed by atoms with van der Waals surface area (Å²) in [6.45, 7) is 2.39. The predicted octanol–water partition coefficient (Wildman–Crippen LogP) is -0.632. The fourth-order valence-corrected chi connectivity index (χ4v) is 4.82. The molecule has 1 heterocycles. The maximum atomic E-state index is 10.4. The topological polar surface area (TPSA) is 100 Å². The van der Waals surface area contributed by atoms with E-state index >= 15 is 0 Å². The van der Waals surface area contributed by atoms with Crippen LogP contribution in [0.15, 0.2) is 27.5 Å². The summed E-state index contributed by atoms with van der Waals surface area (Å²) in [4.78, 5) is 0.760. The Balaban J connectivity index is 2.16. The van der Waals surface area contributed by atoms with E-state index in [9.17, 15) is 14.0 Å². The van der Waals surface area contributed by atoms with Crippen LogP contribution in [-0.4, -0.2) is 6.61 Å². The number of benzene rings is 1. The highest BCUT2D eigenvalue weighted by atomic mass is 35.7. The number of fused-ring (bicyclic) bond motifs is 1. The summed E-state index contributed by atoms with van der Waals surface area (Å²) in [6.07, 6.45) is 0. The molecular weight excluding hydrogens is 290 g/mol. The Bertz CT molecular complexity index is 462. The Morgan fingerprint density at radius 2 is 2.18 bits per heavy atom. The first-order valence-corrected chi connectivity index (χ1v) is 8.17. The smallest absolute Gasteiger partial charge is 0.268 e. The van der Waals surface area contributed by atoms with Crippen LogP contribution in [0.1, 0.15) is 6.92 Å². The van der Waals surface area contributed by atoms with Gasteiger partial charge in [-0.3, -0.25) is 0 Å². The zero-order chi connectivity index (χ0) is 12.5. The minimum absolute atomic E-state index is 0.529. The predicted molar refractivity (Wildman–Crippen MR) is 54.0 cm³/mol. The molecule has 1 atom stereocenters. The third-order valence-corrected chi connectivity index (χ3v) is 5.42. The van der Waals surface area contributed by atoms with E-state index in [4.69, 9.17) is 4.74 Å². The van der Waals surface area contributed by atoms with Crippen LogP contribution in [0.25, 0.3) is 0 Å². The molecule has 1 unspecified atom stereocenters. The highest BCUT2D eigenvalue weighted by molar-refractivity contribution is 8.68. The van der Waals surface area contributed by atoms with E-state index in [2.05, 4.69) is 8.10 Å². The molecule has 1 aliphatic rings. The Morgan fingerprint density at radius 1 is 1.41 bits per heavy atom. The van der Waals surface area contributed by atoms with Crippen molar-refractivity contribution in [3.05, 3.63) is 18.2 Å². The number of nitrogens with zero attached hydrogens (tertiary/aromatic N) is 1. The first kappa shape index (κ1) is 13.1. The molecule has 0 fully saturated rings. The van der Waals surface area contributed by atoms with E-state index in [0.29, 0.717) is 18.0 Å². The molecule has 9 heteroatoms. The minimum Gasteiger partial charge on any atom is -0.494 e. The summed E-state index contributed by atoms with van der Waals surface area (Å²) in [5, 5.41) is 0. The normalized spacial score (nSPS) is 18.7. The number of ether oxygens (including phenoxy) is 1. The summed E-state index contributed by atoms with van der Waals surface area (Å²) >= 11 is 0. The number of hydrogen-bond acceptors (Lipinski definition) is 7. The average molecular weight is 298 g/mol. The first-order chi connectivity index (χ1) is 7.98. The van der Waals surface area contributed by atoms with Gasteiger partial charge < -0.3 is 4.74 Å². The van der Waals surface area contributed by atoms with Gasteiger partial charge in [-0.15, -0.1) is 0 Å². The molecule has 0 saturated carbocycles. The molecule has 1 aromatic rings.